The van der Waals surface area contributed by atoms with Gasteiger partial charge in [-0.1, -0.05) is 42.1 Å². The molecule has 3 rings (SSSR count). The normalized spacial score (nSPS) is 10.1. The van der Waals surface area contributed by atoms with Crippen LogP contribution in [0.25, 0.3) is 11.1 Å². The summed E-state index contributed by atoms with van der Waals surface area (Å²) in [6, 6.07) is 14.9. The van der Waals surface area contributed by atoms with Gasteiger partial charge in [0, 0.05) is 16.2 Å². The molecule has 2 aromatic heterocycles. The van der Waals surface area contributed by atoms with E-state index in [2.05, 4.69) is 53.2 Å². The molecule has 0 atom stereocenters. The summed E-state index contributed by atoms with van der Waals surface area (Å²) in [5, 5.41) is 22.3. The fraction of sp³-hybridized carbons (Fsp3) is 0.0500. The van der Waals surface area contributed by atoms with Gasteiger partial charge in [-0.2, -0.15) is 10.5 Å². The molecule has 0 fully saturated rings. The average Bonchev–Trinajstić information content (AvgIpc) is 2.74. The monoisotopic (exact) mass is 542 g/mol. The number of nitrogens with one attached hydrogen (secondary N) is 1. The maximum atomic E-state index is 12.4. The topological polar surface area (TPSA) is 128 Å². The van der Waals surface area contributed by atoms with E-state index in [0.29, 0.717) is 21.4 Å². The SMILES string of the molecule is N#Cc1c(N)nc(SCC(=O)Nc2ncc(Br)cc2Br)c(C#N)c1-c1ccccc1. The van der Waals surface area contributed by atoms with Gasteiger partial charge in [0.05, 0.1) is 15.8 Å². The maximum absolute atomic E-state index is 12.4. The molecule has 2 heterocycles. The second-order valence-corrected chi connectivity index (χ2v) is 8.57. The van der Waals surface area contributed by atoms with Crippen LogP contribution in [0, 0.1) is 22.7 Å². The zero-order valence-corrected chi connectivity index (χ0v) is 19.2. The van der Waals surface area contributed by atoms with Crippen molar-refractivity contribution in [2.45, 2.75) is 5.03 Å². The Morgan fingerprint density at radius 2 is 1.87 bits per heavy atom. The Morgan fingerprint density at radius 3 is 2.50 bits per heavy atom. The first-order valence-electron chi connectivity index (χ1n) is 8.37. The summed E-state index contributed by atoms with van der Waals surface area (Å²) in [5.41, 5.74) is 7.40. The van der Waals surface area contributed by atoms with Crippen molar-refractivity contribution in [2.75, 3.05) is 16.8 Å². The van der Waals surface area contributed by atoms with E-state index in [9.17, 15) is 15.3 Å². The highest BCUT2D eigenvalue weighted by molar-refractivity contribution is 9.11. The molecule has 148 valence electrons. The highest BCUT2D eigenvalue weighted by atomic mass is 79.9. The van der Waals surface area contributed by atoms with Gasteiger partial charge in [0.15, 0.2) is 0 Å². The number of rotatable bonds is 5. The first-order valence-corrected chi connectivity index (χ1v) is 10.9. The molecule has 0 saturated carbocycles. The molecule has 0 radical (unpaired) electrons. The third-order valence-corrected chi connectivity index (χ3v) is 5.90. The van der Waals surface area contributed by atoms with E-state index < -0.39 is 0 Å². The molecule has 0 spiro atoms. The Balaban J connectivity index is 1.89. The van der Waals surface area contributed by atoms with Gasteiger partial charge < -0.3 is 11.1 Å². The quantitative estimate of drug-likeness (QED) is 0.445. The standard InChI is InChI=1S/C20H12Br2N6OS/c21-12-6-15(22)19(26-9-12)27-16(29)10-30-20-14(8-24)17(11-4-2-1-3-5-11)13(7-23)18(25)28-20/h1-6,9H,10H2,(H2,25,28)(H,26,27,29). The lowest BCUT2D eigenvalue weighted by Crippen LogP contribution is -2.16. The fourth-order valence-electron chi connectivity index (χ4n) is 2.60. The Bertz CT molecular complexity index is 1200. The molecule has 30 heavy (non-hydrogen) atoms. The second-order valence-electron chi connectivity index (χ2n) is 5.84. The van der Waals surface area contributed by atoms with Gasteiger partial charge in [-0.25, -0.2) is 9.97 Å². The largest absolute Gasteiger partial charge is 0.383 e. The minimum absolute atomic E-state index is 0.00980. The minimum atomic E-state index is -0.328. The molecule has 1 amide bonds. The first kappa shape index (κ1) is 21.8. The second kappa shape index (κ2) is 9.72. The number of halogens is 2. The number of hydrogen-bond acceptors (Lipinski definition) is 7. The first-order chi connectivity index (χ1) is 14.4. The molecule has 0 aliphatic heterocycles. The Hall–Kier alpha value is -2.92. The van der Waals surface area contributed by atoms with Crippen molar-refractivity contribution >= 4 is 61.2 Å². The van der Waals surface area contributed by atoms with Gasteiger partial charge >= 0.3 is 0 Å². The summed E-state index contributed by atoms with van der Waals surface area (Å²) in [5.74, 6) is 0.0355. The third-order valence-electron chi connectivity index (χ3n) is 3.88. The average molecular weight is 544 g/mol. The predicted molar refractivity (Wildman–Crippen MR) is 123 cm³/mol. The van der Waals surface area contributed by atoms with Crippen molar-refractivity contribution in [3.8, 4) is 23.3 Å². The van der Waals surface area contributed by atoms with Gasteiger partial charge in [-0.05, 0) is 43.5 Å². The van der Waals surface area contributed by atoms with Gasteiger partial charge in [0.1, 0.15) is 34.4 Å². The number of carbonyl (C=O) groups is 1. The zero-order valence-electron chi connectivity index (χ0n) is 15.2. The molecule has 3 N–H and O–H groups in total. The van der Waals surface area contributed by atoms with Crippen molar-refractivity contribution < 1.29 is 4.79 Å². The van der Waals surface area contributed by atoms with Gasteiger partial charge in [-0.15, -0.1) is 0 Å². The van der Waals surface area contributed by atoms with Crippen LogP contribution < -0.4 is 11.1 Å². The van der Waals surface area contributed by atoms with Crippen LogP contribution in [-0.2, 0) is 4.79 Å². The fourth-order valence-corrected chi connectivity index (χ4v) is 4.49. The Kier molecular flexibility index (Phi) is 7.06. The van der Waals surface area contributed by atoms with Crippen molar-refractivity contribution in [1.82, 2.24) is 9.97 Å². The number of nitrogen functional groups attached to an aromatic ring is 1. The number of pyridine rings is 2. The maximum Gasteiger partial charge on any atom is 0.235 e. The lowest BCUT2D eigenvalue weighted by Gasteiger charge is -2.13. The van der Waals surface area contributed by atoms with Gasteiger partial charge in [0.2, 0.25) is 5.91 Å². The number of amides is 1. The van der Waals surface area contributed by atoms with E-state index in [1.807, 2.05) is 12.1 Å². The molecule has 10 heteroatoms. The zero-order chi connectivity index (χ0) is 21.7. The van der Waals surface area contributed by atoms with Crippen LogP contribution in [0.1, 0.15) is 11.1 Å². The predicted octanol–water partition coefficient (Wildman–Crippen LogP) is 4.72. The number of carbonyl (C=O) groups excluding carboxylic acids is 1. The van der Waals surface area contributed by atoms with E-state index >= 15 is 0 Å². The summed E-state index contributed by atoms with van der Waals surface area (Å²) < 4.78 is 1.39. The number of anilines is 2. The summed E-state index contributed by atoms with van der Waals surface area (Å²) in [6.45, 7) is 0. The lowest BCUT2D eigenvalue weighted by atomic mass is 9.97. The molecule has 1 aromatic carbocycles. The number of hydrogen-bond donors (Lipinski definition) is 2. The van der Waals surface area contributed by atoms with Crippen molar-refractivity contribution in [3.05, 3.63) is 62.7 Å². The minimum Gasteiger partial charge on any atom is -0.383 e. The van der Waals surface area contributed by atoms with Crippen LogP contribution >= 0.6 is 43.6 Å². The van der Waals surface area contributed by atoms with Gasteiger partial charge in [-0.3, -0.25) is 4.79 Å². The van der Waals surface area contributed by atoms with Crippen LogP contribution in [0.2, 0.25) is 0 Å². The van der Waals surface area contributed by atoms with Crippen LogP contribution in [0.4, 0.5) is 11.6 Å². The number of nitrogens with two attached hydrogens (primary N) is 1. The molecular formula is C20H12Br2N6OS. The summed E-state index contributed by atoms with van der Waals surface area (Å²) >= 11 is 7.70. The van der Waals surface area contributed by atoms with Crippen LogP contribution in [0.15, 0.2) is 56.6 Å². The smallest absolute Gasteiger partial charge is 0.235 e. The van der Waals surface area contributed by atoms with E-state index in [1.54, 1.807) is 36.5 Å². The molecule has 0 aliphatic carbocycles. The van der Waals surface area contributed by atoms with Crippen molar-refractivity contribution in [2.24, 2.45) is 0 Å². The number of thioether (sulfide) groups is 1. The van der Waals surface area contributed by atoms with Crippen LogP contribution in [0.3, 0.4) is 0 Å². The van der Waals surface area contributed by atoms with E-state index in [0.717, 1.165) is 16.2 Å². The van der Waals surface area contributed by atoms with Crippen LogP contribution in [-0.4, -0.2) is 21.6 Å². The van der Waals surface area contributed by atoms with E-state index in [1.165, 1.54) is 0 Å². The lowest BCUT2D eigenvalue weighted by molar-refractivity contribution is -0.113. The molecule has 3 aromatic rings. The third kappa shape index (κ3) is 4.79. The van der Waals surface area contributed by atoms with Crippen molar-refractivity contribution in [3.63, 3.8) is 0 Å². The number of aromatic nitrogens is 2. The molecule has 0 bridgehead atoms. The highest BCUT2D eigenvalue weighted by Crippen LogP contribution is 2.35. The molecule has 0 unspecified atom stereocenters. The Morgan fingerprint density at radius 1 is 1.17 bits per heavy atom. The molecule has 0 aliphatic rings. The Labute approximate surface area is 193 Å². The number of nitriles is 2. The van der Waals surface area contributed by atoms with E-state index in [4.69, 9.17) is 5.73 Å². The molecule has 0 saturated heterocycles. The molecular weight excluding hydrogens is 532 g/mol. The van der Waals surface area contributed by atoms with E-state index in [-0.39, 0.29) is 33.6 Å². The highest BCUT2D eigenvalue weighted by Gasteiger charge is 2.21. The van der Waals surface area contributed by atoms with Gasteiger partial charge in [0.25, 0.3) is 0 Å². The van der Waals surface area contributed by atoms with Crippen molar-refractivity contribution in [1.29, 1.82) is 10.5 Å². The summed E-state index contributed by atoms with van der Waals surface area (Å²) in [6.07, 6.45) is 1.57. The summed E-state index contributed by atoms with van der Waals surface area (Å²) in [7, 11) is 0. The number of nitrogens with zero attached hydrogens (tertiary/aromatic N) is 4. The van der Waals surface area contributed by atoms with Crippen LogP contribution in [0.5, 0.6) is 0 Å². The number of benzene rings is 1. The molecule has 7 nitrogen and oxygen atoms in total. The summed E-state index contributed by atoms with van der Waals surface area (Å²) in [4.78, 5) is 20.7.